The second-order valence-corrected chi connectivity index (χ2v) is 5.22. The summed E-state index contributed by atoms with van der Waals surface area (Å²) in [6.45, 7) is 0.557. The van der Waals surface area contributed by atoms with E-state index in [9.17, 15) is 0 Å². The van der Waals surface area contributed by atoms with Gasteiger partial charge in [-0.2, -0.15) is 0 Å². The number of hydrogen-bond acceptors (Lipinski definition) is 3. The molecule has 0 spiro atoms. The van der Waals surface area contributed by atoms with Gasteiger partial charge in [0.05, 0.1) is 12.8 Å². The lowest BCUT2D eigenvalue weighted by molar-refractivity contribution is 0.306. The Bertz CT molecular complexity index is 767. The zero-order valence-electron chi connectivity index (χ0n) is 13.0. The predicted molar refractivity (Wildman–Crippen MR) is 93.6 cm³/mol. The highest BCUT2D eigenvalue weighted by Gasteiger charge is 2.07. The lowest BCUT2D eigenvalue weighted by Gasteiger charge is -2.11. The Kier molecular flexibility index (Phi) is 4.48. The Labute approximate surface area is 136 Å². The first-order valence-electron chi connectivity index (χ1n) is 7.47. The molecule has 0 amide bonds. The summed E-state index contributed by atoms with van der Waals surface area (Å²) in [6.07, 6.45) is 0. The monoisotopic (exact) mass is 305 g/mol. The van der Waals surface area contributed by atoms with E-state index in [4.69, 9.17) is 15.2 Å². The first-order valence-corrected chi connectivity index (χ1v) is 7.47. The van der Waals surface area contributed by atoms with Gasteiger partial charge >= 0.3 is 0 Å². The van der Waals surface area contributed by atoms with Gasteiger partial charge in [-0.05, 0) is 29.3 Å². The average molecular weight is 305 g/mol. The first kappa shape index (κ1) is 15.0. The van der Waals surface area contributed by atoms with E-state index in [1.165, 1.54) is 0 Å². The third-order valence-electron chi connectivity index (χ3n) is 3.70. The Morgan fingerprint density at radius 1 is 0.826 bits per heavy atom. The van der Waals surface area contributed by atoms with Gasteiger partial charge in [0.1, 0.15) is 18.1 Å². The molecule has 0 fully saturated rings. The van der Waals surface area contributed by atoms with Gasteiger partial charge in [0.25, 0.3) is 0 Å². The zero-order valence-corrected chi connectivity index (χ0v) is 13.0. The van der Waals surface area contributed by atoms with Crippen LogP contribution in [0.1, 0.15) is 5.56 Å². The molecule has 3 heteroatoms. The molecule has 0 aliphatic heterocycles. The summed E-state index contributed by atoms with van der Waals surface area (Å²) in [6, 6.07) is 23.8. The van der Waals surface area contributed by atoms with Crippen LogP contribution >= 0.6 is 0 Å². The van der Waals surface area contributed by atoms with E-state index in [1.807, 2.05) is 72.8 Å². The molecule has 3 aromatic carbocycles. The van der Waals surface area contributed by atoms with E-state index in [-0.39, 0.29) is 0 Å². The number of benzene rings is 3. The van der Waals surface area contributed by atoms with Crippen LogP contribution in [0.4, 0.5) is 5.69 Å². The smallest absolute Gasteiger partial charge is 0.142 e. The van der Waals surface area contributed by atoms with Crippen molar-refractivity contribution in [2.75, 3.05) is 12.8 Å². The van der Waals surface area contributed by atoms with E-state index in [0.717, 1.165) is 22.4 Å². The van der Waals surface area contributed by atoms with E-state index in [1.54, 1.807) is 7.11 Å². The SMILES string of the molecule is COc1cccc(-c2ccc(OCc3ccccc3)cc2)c1N. The molecule has 0 aliphatic rings. The topological polar surface area (TPSA) is 44.5 Å². The van der Waals surface area contributed by atoms with Gasteiger partial charge in [-0.25, -0.2) is 0 Å². The summed E-state index contributed by atoms with van der Waals surface area (Å²) in [5.41, 5.74) is 9.93. The maximum atomic E-state index is 6.14. The summed E-state index contributed by atoms with van der Waals surface area (Å²) < 4.78 is 11.1. The fourth-order valence-electron chi connectivity index (χ4n) is 2.45. The molecule has 0 atom stereocenters. The van der Waals surface area contributed by atoms with Crippen LogP contribution in [0.5, 0.6) is 11.5 Å². The molecule has 3 rings (SSSR count). The summed E-state index contributed by atoms with van der Waals surface area (Å²) in [4.78, 5) is 0. The van der Waals surface area contributed by atoms with Gasteiger partial charge in [0.15, 0.2) is 0 Å². The van der Waals surface area contributed by atoms with E-state index in [0.29, 0.717) is 18.0 Å². The summed E-state index contributed by atoms with van der Waals surface area (Å²) in [7, 11) is 1.62. The number of rotatable bonds is 5. The molecule has 0 radical (unpaired) electrons. The van der Waals surface area contributed by atoms with E-state index >= 15 is 0 Å². The molecule has 116 valence electrons. The minimum atomic E-state index is 0.557. The molecular formula is C20H19NO2. The van der Waals surface area contributed by atoms with Gasteiger partial charge in [-0.3, -0.25) is 0 Å². The van der Waals surface area contributed by atoms with Gasteiger partial charge < -0.3 is 15.2 Å². The molecule has 3 aromatic rings. The van der Waals surface area contributed by atoms with Crippen LogP contribution in [-0.2, 0) is 6.61 Å². The Morgan fingerprint density at radius 3 is 2.26 bits per heavy atom. The van der Waals surface area contributed by atoms with Crippen molar-refractivity contribution in [3.8, 4) is 22.6 Å². The van der Waals surface area contributed by atoms with Crippen molar-refractivity contribution < 1.29 is 9.47 Å². The number of anilines is 1. The number of hydrogen-bond donors (Lipinski definition) is 1. The lowest BCUT2D eigenvalue weighted by Crippen LogP contribution is -1.96. The number of nitrogen functional groups attached to an aromatic ring is 1. The van der Waals surface area contributed by atoms with Crippen LogP contribution in [0.25, 0.3) is 11.1 Å². The third kappa shape index (κ3) is 3.46. The van der Waals surface area contributed by atoms with Gasteiger partial charge in [-0.15, -0.1) is 0 Å². The van der Waals surface area contributed by atoms with Crippen LogP contribution in [0.3, 0.4) is 0 Å². The highest BCUT2D eigenvalue weighted by molar-refractivity contribution is 5.80. The van der Waals surface area contributed by atoms with Gasteiger partial charge in [0.2, 0.25) is 0 Å². The lowest BCUT2D eigenvalue weighted by atomic mass is 10.0. The van der Waals surface area contributed by atoms with Crippen molar-refractivity contribution in [3.05, 3.63) is 78.4 Å². The summed E-state index contributed by atoms with van der Waals surface area (Å²) in [5, 5.41) is 0. The summed E-state index contributed by atoms with van der Waals surface area (Å²) in [5.74, 6) is 1.52. The maximum Gasteiger partial charge on any atom is 0.142 e. The second-order valence-electron chi connectivity index (χ2n) is 5.22. The van der Waals surface area contributed by atoms with E-state index in [2.05, 4.69) is 0 Å². The second kappa shape index (κ2) is 6.88. The van der Waals surface area contributed by atoms with Crippen molar-refractivity contribution >= 4 is 5.69 Å². The molecule has 0 bridgehead atoms. The van der Waals surface area contributed by atoms with Crippen LogP contribution in [0.15, 0.2) is 72.8 Å². The average Bonchev–Trinajstić information content (AvgIpc) is 2.62. The largest absolute Gasteiger partial charge is 0.495 e. The Balaban J connectivity index is 1.75. The highest BCUT2D eigenvalue weighted by Crippen LogP contribution is 2.33. The quantitative estimate of drug-likeness (QED) is 0.705. The number of ether oxygens (including phenoxy) is 2. The Morgan fingerprint density at radius 2 is 1.57 bits per heavy atom. The van der Waals surface area contributed by atoms with Crippen LogP contribution < -0.4 is 15.2 Å². The number of methoxy groups -OCH3 is 1. The molecular weight excluding hydrogens is 286 g/mol. The molecule has 0 saturated carbocycles. The summed E-state index contributed by atoms with van der Waals surface area (Å²) >= 11 is 0. The van der Waals surface area contributed by atoms with Crippen molar-refractivity contribution in [1.29, 1.82) is 0 Å². The van der Waals surface area contributed by atoms with Crippen LogP contribution in [0, 0.1) is 0 Å². The predicted octanol–water partition coefficient (Wildman–Crippen LogP) is 4.52. The molecule has 0 heterocycles. The van der Waals surface area contributed by atoms with Crippen LogP contribution in [-0.4, -0.2) is 7.11 Å². The van der Waals surface area contributed by atoms with E-state index < -0.39 is 0 Å². The van der Waals surface area contributed by atoms with Gasteiger partial charge in [0, 0.05) is 5.56 Å². The van der Waals surface area contributed by atoms with Crippen molar-refractivity contribution in [2.45, 2.75) is 6.61 Å². The molecule has 2 N–H and O–H groups in total. The molecule has 0 aliphatic carbocycles. The molecule has 0 aromatic heterocycles. The molecule has 0 saturated heterocycles. The fraction of sp³-hybridized carbons (Fsp3) is 0.100. The molecule has 3 nitrogen and oxygen atoms in total. The van der Waals surface area contributed by atoms with Crippen LogP contribution in [0.2, 0.25) is 0 Å². The third-order valence-corrected chi connectivity index (χ3v) is 3.70. The minimum Gasteiger partial charge on any atom is -0.495 e. The van der Waals surface area contributed by atoms with Crippen molar-refractivity contribution in [2.24, 2.45) is 0 Å². The van der Waals surface area contributed by atoms with Crippen molar-refractivity contribution in [3.63, 3.8) is 0 Å². The fourth-order valence-corrected chi connectivity index (χ4v) is 2.45. The normalized spacial score (nSPS) is 10.3. The van der Waals surface area contributed by atoms with Crippen molar-refractivity contribution in [1.82, 2.24) is 0 Å². The van der Waals surface area contributed by atoms with Gasteiger partial charge in [-0.1, -0.05) is 54.6 Å². The zero-order chi connectivity index (χ0) is 16.1. The highest BCUT2D eigenvalue weighted by atomic mass is 16.5. The first-order chi connectivity index (χ1) is 11.3. The standard InChI is InChI=1S/C20H19NO2/c1-22-19-9-5-8-18(20(19)21)16-10-12-17(13-11-16)23-14-15-6-3-2-4-7-15/h2-13H,14,21H2,1H3. The maximum absolute atomic E-state index is 6.14. The Hall–Kier alpha value is -2.94. The molecule has 0 unspecified atom stereocenters. The minimum absolute atomic E-state index is 0.557. The number of para-hydroxylation sites is 1. The molecule has 23 heavy (non-hydrogen) atoms. The number of nitrogens with two attached hydrogens (primary N) is 1.